The fourth-order valence-electron chi connectivity index (χ4n) is 2.65. The zero-order valence-electron chi connectivity index (χ0n) is 12.2. The minimum absolute atomic E-state index is 0.0479. The molecule has 0 aliphatic rings. The Labute approximate surface area is 134 Å². The SMILES string of the molecule is FC(F)(F)c1nc(-c2ccccc2)nc2c1cnc1ccccc12. The van der Waals surface area contributed by atoms with E-state index in [1.165, 1.54) is 6.20 Å². The van der Waals surface area contributed by atoms with Crippen LogP contribution in [0.2, 0.25) is 0 Å². The zero-order chi connectivity index (χ0) is 16.7. The van der Waals surface area contributed by atoms with E-state index < -0.39 is 11.9 Å². The van der Waals surface area contributed by atoms with Crippen LogP contribution in [0.1, 0.15) is 5.69 Å². The number of pyridine rings is 1. The normalized spacial score (nSPS) is 12.0. The van der Waals surface area contributed by atoms with Crippen LogP contribution in [-0.2, 0) is 6.18 Å². The van der Waals surface area contributed by atoms with E-state index in [0.29, 0.717) is 16.5 Å². The van der Waals surface area contributed by atoms with E-state index in [9.17, 15) is 13.2 Å². The fourth-order valence-corrected chi connectivity index (χ4v) is 2.65. The van der Waals surface area contributed by atoms with E-state index in [2.05, 4.69) is 15.0 Å². The molecule has 0 aliphatic heterocycles. The standard InChI is InChI=1S/C18H10F3N3/c19-18(20,21)16-13-10-22-14-9-5-4-8-12(14)15(13)23-17(24-16)11-6-2-1-3-7-11/h1-10H. The first-order valence-electron chi connectivity index (χ1n) is 7.22. The van der Waals surface area contributed by atoms with Gasteiger partial charge in [0.05, 0.1) is 16.4 Å². The molecule has 24 heavy (non-hydrogen) atoms. The van der Waals surface area contributed by atoms with Crippen molar-refractivity contribution in [2.45, 2.75) is 6.18 Å². The summed E-state index contributed by atoms with van der Waals surface area (Å²) in [6.45, 7) is 0. The summed E-state index contributed by atoms with van der Waals surface area (Å²) < 4.78 is 40.5. The lowest BCUT2D eigenvalue weighted by atomic mass is 10.1. The molecule has 4 aromatic rings. The Morgan fingerprint density at radius 2 is 1.46 bits per heavy atom. The number of para-hydroxylation sites is 1. The number of rotatable bonds is 1. The van der Waals surface area contributed by atoms with Gasteiger partial charge in [0.2, 0.25) is 0 Å². The van der Waals surface area contributed by atoms with E-state index in [4.69, 9.17) is 0 Å². The summed E-state index contributed by atoms with van der Waals surface area (Å²) in [5, 5.41) is 0.473. The van der Waals surface area contributed by atoms with Gasteiger partial charge in [0.1, 0.15) is 0 Å². The zero-order valence-corrected chi connectivity index (χ0v) is 12.2. The number of halogens is 3. The van der Waals surface area contributed by atoms with Crippen LogP contribution in [0.25, 0.3) is 33.2 Å². The minimum atomic E-state index is -4.59. The third-order valence-corrected chi connectivity index (χ3v) is 3.74. The van der Waals surface area contributed by atoms with Gasteiger partial charge in [-0.1, -0.05) is 48.5 Å². The smallest absolute Gasteiger partial charge is 0.255 e. The Morgan fingerprint density at radius 1 is 0.750 bits per heavy atom. The van der Waals surface area contributed by atoms with Crippen LogP contribution in [0.5, 0.6) is 0 Å². The van der Waals surface area contributed by atoms with Gasteiger partial charge < -0.3 is 0 Å². The lowest BCUT2D eigenvalue weighted by Crippen LogP contribution is -2.11. The maximum absolute atomic E-state index is 13.5. The van der Waals surface area contributed by atoms with Crippen molar-refractivity contribution in [3.05, 3.63) is 66.5 Å². The molecule has 0 saturated carbocycles. The molecule has 0 fully saturated rings. The number of alkyl halides is 3. The molecule has 3 nitrogen and oxygen atoms in total. The van der Waals surface area contributed by atoms with Crippen molar-refractivity contribution in [3.8, 4) is 11.4 Å². The van der Waals surface area contributed by atoms with Crippen LogP contribution >= 0.6 is 0 Å². The highest BCUT2D eigenvalue weighted by molar-refractivity contribution is 6.04. The van der Waals surface area contributed by atoms with Crippen molar-refractivity contribution in [1.29, 1.82) is 0 Å². The summed E-state index contributed by atoms with van der Waals surface area (Å²) in [5.74, 6) is 0.0479. The molecule has 0 N–H and O–H groups in total. The maximum Gasteiger partial charge on any atom is 0.434 e. The molecule has 0 aliphatic carbocycles. The largest absolute Gasteiger partial charge is 0.434 e. The van der Waals surface area contributed by atoms with Crippen LogP contribution < -0.4 is 0 Å². The van der Waals surface area contributed by atoms with Gasteiger partial charge in [0.25, 0.3) is 0 Å². The number of aromatic nitrogens is 3. The van der Waals surface area contributed by atoms with Crippen molar-refractivity contribution in [1.82, 2.24) is 15.0 Å². The molecule has 2 aromatic carbocycles. The Morgan fingerprint density at radius 3 is 2.21 bits per heavy atom. The van der Waals surface area contributed by atoms with E-state index in [0.717, 1.165) is 0 Å². The number of hydrogen-bond acceptors (Lipinski definition) is 3. The molecule has 0 unspecified atom stereocenters. The highest BCUT2D eigenvalue weighted by Crippen LogP contribution is 2.35. The molecule has 118 valence electrons. The summed E-state index contributed by atoms with van der Waals surface area (Å²) >= 11 is 0. The predicted molar refractivity (Wildman–Crippen MR) is 85.3 cm³/mol. The molecule has 4 rings (SSSR count). The highest BCUT2D eigenvalue weighted by atomic mass is 19.4. The number of fused-ring (bicyclic) bond motifs is 3. The maximum atomic E-state index is 13.5. The second kappa shape index (κ2) is 5.26. The lowest BCUT2D eigenvalue weighted by molar-refractivity contribution is -0.139. The van der Waals surface area contributed by atoms with Crippen LogP contribution in [0.15, 0.2) is 60.8 Å². The summed E-state index contributed by atoms with van der Waals surface area (Å²) in [7, 11) is 0. The summed E-state index contributed by atoms with van der Waals surface area (Å²) in [6, 6.07) is 15.6. The number of benzene rings is 2. The van der Waals surface area contributed by atoms with E-state index >= 15 is 0 Å². The van der Waals surface area contributed by atoms with Gasteiger partial charge >= 0.3 is 6.18 Å². The average Bonchev–Trinajstić information content (AvgIpc) is 2.60. The predicted octanol–water partition coefficient (Wildman–Crippen LogP) is 4.86. The van der Waals surface area contributed by atoms with Crippen LogP contribution in [0.4, 0.5) is 13.2 Å². The monoisotopic (exact) mass is 325 g/mol. The third kappa shape index (κ3) is 2.36. The Balaban J connectivity index is 2.14. The van der Waals surface area contributed by atoms with Gasteiger partial charge in [-0.05, 0) is 6.07 Å². The first-order chi connectivity index (χ1) is 11.5. The average molecular weight is 325 g/mol. The van der Waals surface area contributed by atoms with Crippen LogP contribution in [0.3, 0.4) is 0 Å². The quantitative estimate of drug-likeness (QED) is 0.469. The van der Waals surface area contributed by atoms with Crippen LogP contribution in [-0.4, -0.2) is 15.0 Å². The Kier molecular flexibility index (Phi) is 3.19. The first-order valence-corrected chi connectivity index (χ1v) is 7.22. The van der Waals surface area contributed by atoms with Crippen molar-refractivity contribution < 1.29 is 13.2 Å². The van der Waals surface area contributed by atoms with E-state index in [-0.39, 0.29) is 16.7 Å². The minimum Gasteiger partial charge on any atom is -0.255 e. The second-order valence-electron chi connectivity index (χ2n) is 5.30. The number of nitrogens with zero attached hydrogens (tertiary/aromatic N) is 3. The highest BCUT2D eigenvalue weighted by Gasteiger charge is 2.36. The van der Waals surface area contributed by atoms with Crippen molar-refractivity contribution in [2.75, 3.05) is 0 Å². The second-order valence-corrected chi connectivity index (χ2v) is 5.30. The van der Waals surface area contributed by atoms with Gasteiger partial charge in [-0.15, -0.1) is 0 Å². The molecule has 6 heteroatoms. The van der Waals surface area contributed by atoms with Gasteiger partial charge in [-0.25, -0.2) is 9.97 Å². The van der Waals surface area contributed by atoms with Gasteiger partial charge in [-0.2, -0.15) is 13.2 Å². The first kappa shape index (κ1) is 14.6. The summed E-state index contributed by atoms with van der Waals surface area (Å²) in [6.07, 6.45) is -3.40. The molecular weight excluding hydrogens is 315 g/mol. The molecule has 2 heterocycles. The van der Waals surface area contributed by atoms with Crippen molar-refractivity contribution >= 4 is 21.8 Å². The molecule has 0 atom stereocenters. The Bertz CT molecular complexity index is 1040. The Hall–Kier alpha value is -3.02. The van der Waals surface area contributed by atoms with Gasteiger partial charge in [0.15, 0.2) is 11.5 Å². The topological polar surface area (TPSA) is 38.7 Å². The van der Waals surface area contributed by atoms with Crippen molar-refractivity contribution in [2.24, 2.45) is 0 Å². The van der Waals surface area contributed by atoms with Crippen molar-refractivity contribution in [3.63, 3.8) is 0 Å². The molecular formula is C18H10F3N3. The molecule has 0 amide bonds. The molecule has 0 spiro atoms. The number of hydrogen-bond donors (Lipinski definition) is 0. The third-order valence-electron chi connectivity index (χ3n) is 3.74. The summed E-state index contributed by atoms with van der Waals surface area (Å²) in [5.41, 5.74) is 0.410. The summed E-state index contributed by atoms with van der Waals surface area (Å²) in [4.78, 5) is 12.3. The van der Waals surface area contributed by atoms with Gasteiger partial charge in [-0.3, -0.25) is 4.98 Å². The fraction of sp³-hybridized carbons (Fsp3) is 0.0556. The van der Waals surface area contributed by atoms with E-state index in [1.54, 1.807) is 54.6 Å². The molecule has 2 aromatic heterocycles. The molecule has 0 radical (unpaired) electrons. The molecule has 0 bridgehead atoms. The molecule has 0 saturated heterocycles. The lowest BCUT2D eigenvalue weighted by Gasteiger charge is -2.12. The van der Waals surface area contributed by atoms with E-state index in [1.807, 2.05) is 0 Å². The van der Waals surface area contributed by atoms with Crippen LogP contribution in [0, 0.1) is 0 Å². The van der Waals surface area contributed by atoms with Gasteiger partial charge in [0, 0.05) is 17.1 Å².